The minimum atomic E-state index is -3.60. The highest BCUT2D eigenvalue weighted by atomic mass is 32.2. The third-order valence-electron chi connectivity index (χ3n) is 6.39. The number of sulfonamides is 2. The Morgan fingerprint density at radius 1 is 0.889 bits per heavy atom. The molecule has 0 radical (unpaired) electrons. The van der Waals surface area contributed by atoms with Crippen LogP contribution in [0.1, 0.15) is 29.8 Å². The maximum absolute atomic E-state index is 12.8. The van der Waals surface area contributed by atoms with Gasteiger partial charge in [0.05, 0.1) is 10.6 Å². The van der Waals surface area contributed by atoms with E-state index in [9.17, 15) is 21.6 Å². The van der Waals surface area contributed by atoms with Crippen molar-refractivity contribution in [1.82, 2.24) is 18.8 Å². The van der Waals surface area contributed by atoms with Crippen LogP contribution in [-0.2, 0) is 26.5 Å². The molecule has 1 N–H and O–H groups in total. The van der Waals surface area contributed by atoms with Gasteiger partial charge in [0.15, 0.2) is 0 Å². The van der Waals surface area contributed by atoms with Crippen molar-refractivity contribution >= 4 is 26.0 Å². The number of hydrogen-bond donors (Lipinski definition) is 1. The lowest BCUT2D eigenvalue weighted by molar-refractivity contribution is 0.0956. The predicted octanol–water partition coefficient (Wildman–Crippen LogP) is 1.64. The quantitative estimate of drug-likeness (QED) is 0.442. The van der Waals surface area contributed by atoms with Crippen molar-refractivity contribution in [3.8, 4) is 0 Å². The van der Waals surface area contributed by atoms with Crippen molar-refractivity contribution in [3.05, 3.63) is 65.7 Å². The number of carbonyl (C=O) groups excluding carboxylic acids is 1. The molecule has 0 spiro atoms. The van der Waals surface area contributed by atoms with E-state index in [1.54, 1.807) is 13.8 Å². The van der Waals surface area contributed by atoms with E-state index in [-0.39, 0.29) is 22.8 Å². The Kier molecular flexibility index (Phi) is 10.0. The van der Waals surface area contributed by atoms with Crippen LogP contribution in [0.4, 0.5) is 0 Å². The number of hydrogen-bond acceptors (Lipinski definition) is 6. The molecule has 198 valence electrons. The van der Waals surface area contributed by atoms with Gasteiger partial charge in [-0.2, -0.15) is 8.61 Å². The molecule has 0 unspecified atom stereocenters. The summed E-state index contributed by atoms with van der Waals surface area (Å²) < 4.78 is 53.5. The summed E-state index contributed by atoms with van der Waals surface area (Å²) in [5.41, 5.74) is 1.54. The lowest BCUT2D eigenvalue weighted by Crippen LogP contribution is -2.50. The Balaban J connectivity index is 1.44. The summed E-state index contributed by atoms with van der Waals surface area (Å²) in [6, 6.07) is 15.9. The largest absolute Gasteiger partial charge is 0.351 e. The van der Waals surface area contributed by atoms with Crippen LogP contribution in [0.5, 0.6) is 0 Å². The van der Waals surface area contributed by atoms with Crippen LogP contribution < -0.4 is 5.32 Å². The van der Waals surface area contributed by atoms with E-state index in [2.05, 4.69) is 22.3 Å². The van der Waals surface area contributed by atoms with E-state index in [1.165, 1.54) is 38.4 Å². The molecule has 0 aromatic heterocycles. The molecule has 0 saturated carbocycles. The van der Waals surface area contributed by atoms with Crippen molar-refractivity contribution < 1.29 is 21.6 Å². The van der Waals surface area contributed by atoms with E-state index < -0.39 is 26.0 Å². The predicted molar refractivity (Wildman–Crippen MR) is 141 cm³/mol. The molecule has 1 fully saturated rings. The number of rotatable bonds is 12. The lowest BCUT2D eigenvalue weighted by Gasteiger charge is -2.34. The molecule has 0 aliphatic carbocycles. The SMILES string of the molecule is CCN(CC)S(=O)(=O)c1ccc(C(=O)NCCS(=O)(=O)N2CCN(CCc3ccccc3)CC2)cc1. The minimum Gasteiger partial charge on any atom is -0.351 e. The molecule has 1 amide bonds. The Bertz CT molecular complexity index is 1190. The number of nitrogens with one attached hydrogen (secondary N) is 1. The average Bonchev–Trinajstić information content (AvgIpc) is 2.89. The first-order chi connectivity index (χ1) is 17.2. The standard InChI is InChI=1S/C25H36N4O5S2/c1-3-28(4-2)36(33,34)24-12-10-23(11-13-24)25(30)26-15-21-35(31,32)29-19-17-27(18-20-29)16-14-22-8-6-5-7-9-22/h5-13H,3-4,14-21H2,1-2H3,(H,26,30). The van der Waals surface area contributed by atoms with E-state index in [0.717, 1.165) is 13.0 Å². The second-order valence-corrected chi connectivity index (χ2v) is 12.7. The van der Waals surface area contributed by atoms with Gasteiger partial charge in [-0.3, -0.25) is 4.79 Å². The number of carbonyl (C=O) groups is 1. The van der Waals surface area contributed by atoms with E-state index >= 15 is 0 Å². The van der Waals surface area contributed by atoms with Gasteiger partial charge in [-0.05, 0) is 36.2 Å². The Morgan fingerprint density at radius 3 is 2.08 bits per heavy atom. The van der Waals surface area contributed by atoms with Gasteiger partial charge >= 0.3 is 0 Å². The number of nitrogens with zero attached hydrogens (tertiary/aromatic N) is 3. The average molecular weight is 537 g/mol. The third-order valence-corrected chi connectivity index (χ3v) is 10.3. The number of piperazine rings is 1. The molecule has 1 saturated heterocycles. The molecule has 2 aromatic rings. The summed E-state index contributed by atoms with van der Waals surface area (Å²) in [5, 5.41) is 2.63. The highest BCUT2D eigenvalue weighted by molar-refractivity contribution is 7.89. The lowest BCUT2D eigenvalue weighted by atomic mass is 10.1. The highest BCUT2D eigenvalue weighted by Crippen LogP contribution is 2.16. The number of amides is 1. The molecular weight excluding hydrogens is 500 g/mol. The van der Waals surface area contributed by atoms with Gasteiger partial charge in [0.2, 0.25) is 20.0 Å². The summed E-state index contributed by atoms with van der Waals surface area (Å²) >= 11 is 0. The minimum absolute atomic E-state index is 0.0190. The fourth-order valence-corrected chi connectivity index (χ4v) is 6.97. The number of benzene rings is 2. The van der Waals surface area contributed by atoms with Crippen LogP contribution >= 0.6 is 0 Å². The van der Waals surface area contributed by atoms with Crippen molar-refractivity contribution in [1.29, 1.82) is 0 Å². The van der Waals surface area contributed by atoms with Gasteiger partial charge in [-0.1, -0.05) is 44.2 Å². The molecule has 3 rings (SSSR count). The summed E-state index contributed by atoms with van der Waals surface area (Å²) in [4.78, 5) is 14.8. The van der Waals surface area contributed by atoms with Crippen LogP contribution in [0.25, 0.3) is 0 Å². The first-order valence-electron chi connectivity index (χ1n) is 12.3. The Morgan fingerprint density at radius 2 is 1.50 bits per heavy atom. The fourth-order valence-electron chi connectivity index (χ4n) is 4.18. The molecule has 0 atom stereocenters. The second kappa shape index (κ2) is 12.8. The first-order valence-corrected chi connectivity index (χ1v) is 15.3. The van der Waals surface area contributed by atoms with Crippen LogP contribution in [-0.4, -0.2) is 94.4 Å². The van der Waals surface area contributed by atoms with Gasteiger partial charge in [0.25, 0.3) is 5.91 Å². The molecule has 11 heteroatoms. The van der Waals surface area contributed by atoms with Crippen LogP contribution in [0.15, 0.2) is 59.5 Å². The molecular formula is C25H36N4O5S2. The first kappa shape index (κ1) is 28.3. The molecule has 0 bridgehead atoms. The summed E-state index contributed by atoms with van der Waals surface area (Å²) in [7, 11) is -7.09. The molecule has 9 nitrogen and oxygen atoms in total. The van der Waals surface area contributed by atoms with E-state index in [1.807, 2.05) is 18.2 Å². The zero-order valence-electron chi connectivity index (χ0n) is 21.0. The smallest absolute Gasteiger partial charge is 0.251 e. The molecule has 36 heavy (non-hydrogen) atoms. The summed E-state index contributed by atoms with van der Waals surface area (Å²) in [6.07, 6.45) is 0.933. The van der Waals surface area contributed by atoms with Crippen molar-refractivity contribution in [2.75, 3.05) is 58.1 Å². The van der Waals surface area contributed by atoms with Crippen LogP contribution in [0.3, 0.4) is 0 Å². The van der Waals surface area contributed by atoms with Gasteiger partial charge < -0.3 is 10.2 Å². The van der Waals surface area contributed by atoms with E-state index in [0.29, 0.717) is 39.3 Å². The fraction of sp³-hybridized carbons (Fsp3) is 0.480. The maximum Gasteiger partial charge on any atom is 0.251 e. The summed E-state index contributed by atoms with van der Waals surface area (Å²) in [6.45, 7) is 7.36. The molecule has 1 aliphatic heterocycles. The van der Waals surface area contributed by atoms with Gasteiger partial charge in [-0.25, -0.2) is 16.8 Å². The summed E-state index contributed by atoms with van der Waals surface area (Å²) in [5.74, 6) is -0.625. The monoisotopic (exact) mass is 536 g/mol. The van der Waals surface area contributed by atoms with Crippen LogP contribution in [0.2, 0.25) is 0 Å². The molecule has 1 aliphatic rings. The van der Waals surface area contributed by atoms with Crippen LogP contribution in [0, 0.1) is 0 Å². The molecule has 1 heterocycles. The van der Waals surface area contributed by atoms with Crippen molar-refractivity contribution in [2.24, 2.45) is 0 Å². The van der Waals surface area contributed by atoms with E-state index in [4.69, 9.17) is 0 Å². The Hall–Kier alpha value is -2.31. The zero-order chi connectivity index (χ0) is 26.2. The van der Waals surface area contributed by atoms with Gasteiger partial charge in [0, 0.05) is 57.9 Å². The zero-order valence-corrected chi connectivity index (χ0v) is 22.6. The maximum atomic E-state index is 12.8. The molecule has 2 aromatic carbocycles. The third kappa shape index (κ3) is 7.36. The topological polar surface area (TPSA) is 107 Å². The van der Waals surface area contributed by atoms with Gasteiger partial charge in [0.1, 0.15) is 0 Å². The second-order valence-electron chi connectivity index (χ2n) is 8.66. The van der Waals surface area contributed by atoms with Crippen molar-refractivity contribution in [2.45, 2.75) is 25.2 Å². The Labute approximate surface area is 215 Å². The highest BCUT2D eigenvalue weighted by Gasteiger charge is 2.27. The normalized spacial score (nSPS) is 15.8. The van der Waals surface area contributed by atoms with Gasteiger partial charge in [-0.15, -0.1) is 0 Å². The van der Waals surface area contributed by atoms with Crippen molar-refractivity contribution in [3.63, 3.8) is 0 Å².